The summed E-state index contributed by atoms with van der Waals surface area (Å²) < 4.78 is 13.5. The Morgan fingerprint density at radius 2 is 2.04 bits per heavy atom. The lowest BCUT2D eigenvalue weighted by Crippen LogP contribution is -2.17. The van der Waals surface area contributed by atoms with Crippen LogP contribution < -0.4 is 16.2 Å². The Kier molecular flexibility index (Phi) is 4.55. The average molecular weight is 398 g/mol. The second kappa shape index (κ2) is 7.04. The van der Waals surface area contributed by atoms with Crippen molar-refractivity contribution in [3.63, 3.8) is 0 Å². The van der Waals surface area contributed by atoms with E-state index >= 15 is 0 Å². The van der Waals surface area contributed by atoms with Crippen LogP contribution >= 0.6 is 11.8 Å². The Balaban J connectivity index is 1.64. The molecule has 4 aromatic rings. The second-order valence-electron chi connectivity index (χ2n) is 6.23. The zero-order chi connectivity index (χ0) is 19.8. The predicted molar refractivity (Wildman–Crippen MR) is 105 cm³/mol. The number of nitrogen functional groups attached to an aromatic ring is 1. The number of methoxy groups -OCH3 is 1. The molecular formula is C18H18N6O3S. The van der Waals surface area contributed by atoms with E-state index in [1.807, 2.05) is 32.0 Å². The fraction of sp³-hybridized carbons (Fsp3) is 0.222. The molecule has 4 rings (SSSR count). The fourth-order valence-corrected chi connectivity index (χ4v) is 3.79. The number of hydrogen-bond donors (Lipinski definition) is 1. The fourth-order valence-electron chi connectivity index (χ4n) is 2.94. The molecule has 2 N–H and O–H groups in total. The average Bonchev–Trinajstić information content (AvgIpc) is 3.19. The van der Waals surface area contributed by atoms with Gasteiger partial charge in [-0.05, 0) is 37.6 Å². The molecule has 0 saturated heterocycles. The number of nitrogens with zero attached hydrogens (tertiary/aromatic N) is 5. The molecule has 0 fully saturated rings. The number of hydrogen-bond acceptors (Lipinski definition) is 8. The number of aromatic nitrogens is 5. The Bertz CT molecular complexity index is 1230. The summed E-state index contributed by atoms with van der Waals surface area (Å²) in [5.41, 5.74) is 2.64. The van der Waals surface area contributed by atoms with Crippen LogP contribution in [0.4, 0.5) is 0 Å². The number of aryl methyl sites for hydroxylation is 2. The summed E-state index contributed by atoms with van der Waals surface area (Å²) in [5, 5.41) is 14.0. The van der Waals surface area contributed by atoms with Crippen LogP contribution in [-0.4, -0.2) is 31.8 Å². The summed E-state index contributed by atoms with van der Waals surface area (Å²) in [5.74, 6) is 7.69. The van der Waals surface area contributed by atoms with Crippen molar-refractivity contribution in [3.05, 3.63) is 57.7 Å². The van der Waals surface area contributed by atoms with Gasteiger partial charge in [0.05, 0.1) is 12.8 Å². The van der Waals surface area contributed by atoms with Crippen LogP contribution in [0.15, 0.2) is 44.7 Å². The maximum Gasteiger partial charge on any atom is 0.336 e. The molecule has 0 unspecified atom stereocenters. The lowest BCUT2D eigenvalue weighted by Gasteiger charge is -2.07. The highest BCUT2D eigenvalue weighted by Crippen LogP contribution is 2.27. The summed E-state index contributed by atoms with van der Waals surface area (Å²) in [6, 6.07) is 8.79. The third-order valence-electron chi connectivity index (χ3n) is 4.24. The van der Waals surface area contributed by atoms with Crippen molar-refractivity contribution in [3.8, 4) is 11.7 Å². The summed E-state index contributed by atoms with van der Waals surface area (Å²) in [7, 11) is 1.56. The lowest BCUT2D eigenvalue weighted by atomic mass is 10.1. The van der Waals surface area contributed by atoms with E-state index in [0.29, 0.717) is 28.2 Å². The second-order valence-corrected chi connectivity index (χ2v) is 7.18. The first-order valence-electron chi connectivity index (χ1n) is 8.44. The maximum absolute atomic E-state index is 11.9. The normalized spacial score (nSPS) is 11.2. The molecule has 0 aliphatic heterocycles. The lowest BCUT2D eigenvalue weighted by molar-refractivity contribution is 0.414. The number of thioether (sulfide) groups is 1. The van der Waals surface area contributed by atoms with Crippen LogP contribution in [0, 0.1) is 13.8 Å². The van der Waals surface area contributed by atoms with Crippen molar-refractivity contribution in [2.45, 2.75) is 24.8 Å². The van der Waals surface area contributed by atoms with E-state index in [-0.39, 0.29) is 0 Å². The Labute approximate surface area is 164 Å². The first-order chi connectivity index (χ1) is 13.5. The van der Waals surface area contributed by atoms with Gasteiger partial charge in [-0.1, -0.05) is 11.8 Å². The maximum atomic E-state index is 11.9. The molecular weight excluding hydrogens is 380 g/mol. The first-order valence-corrected chi connectivity index (χ1v) is 9.42. The van der Waals surface area contributed by atoms with Gasteiger partial charge >= 0.3 is 5.63 Å². The van der Waals surface area contributed by atoms with Gasteiger partial charge in [-0.15, -0.1) is 10.2 Å². The van der Waals surface area contributed by atoms with Crippen LogP contribution in [0.5, 0.6) is 5.75 Å². The van der Waals surface area contributed by atoms with Crippen molar-refractivity contribution in [2.75, 3.05) is 13.0 Å². The number of ether oxygens (including phenoxy) is 1. The molecule has 1 aromatic carbocycles. The van der Waals surface area contributed by atoms with E-state index in [2.05, 4.69) is 15.3 Å². The Morgan fingerprint density at radius 3 is 2.75 bits per heavy atom. The molecule has 28 heavy (non-hydrogen) atoms. The van der Waals surface area contributed by atoms with Crippen molar-refractivity contribution in [1.29, 1.82) is 0 Å². The molecule has 3 heterocycles. The molecule has 0 spiro atoms. The third kappa shape index (κ3) is 3.22. The standard InChI is InChI=1S/C18H18N6O3S/c1-10-6-11(2)24(22-10)17-20-21-18(23(17)19)28-9-12-7-16(25)27-15-8-13(26-3)4-5-14(12)15/h4-8H,9,19H2,1-3H3. The smallest absolute Gasteiger partial charge is 0.336 e. The highest BCUT2D eigenvalue weighted by atomic mass is 32.2. The Morgan fingerprint density at radius 1 is 1.21 bits per heavy atom. The molecule has 0 amide bonds. The minimum atomic E-state index is -0.422. The highest BCUT2D eigenvalue weighted by Gasteiger charge is 2.16. The largest absolute Gasteiger partial charge is 0.497 e. The van der Waals surface area contributed by atoms with E-state index in [9.17, 15) is 4.79 Å². The van der Waals surface area contributed by atoms with Crippen LogP contribution in [0.25, 0.3) is 16.9 Å². The molecule has 0 aliphatic rings. The van der Waals surface area contributed by atoms with E-state index in [1.165, 1.54) is 22.5 Å². The van der Waals surface area contributed by atoms with Gasteiger partial charge in [0.15, 0.2) is 0 Å². The molecule has 0 aliphatic carbocycles. The summed E-state index contributed by atoms with van der Waals surface area (Å²) >= 11 is 1.37. The summed E-state index contributed by atoms with van der Waals surface area (Å²) in [6.07, 6.45) is 0. The van der Waals surface area contributed by atoms with E-state index < -0.39 is 5.63 Å². The van der Waals surface area contributed by atoms with Crippen LogP contribution in [0.3, 0.4) is 0 Å². The van der Waals surface area contributed by atoms with Crippen LogP contribution in [-0.2, 0) is 5.75 Å². The number of fused-ring (bicyclic) bond motifs is 1. The predicted octanol–water partition coefficient (Wildman–Crippen LogP) is 2.20. The van der Waals surface area contributed by atoms with E-state index in [4.69, 9.17) is 15.0 Å². The quantitative estimate of drug-likeness (QED) is 0.309. The third-order valence-corrected chi connectivity index (χ3v) is 5.23. The van der Waals surface area contributed by atoms with E-state index in [1.54, 1.807) is 17.9 Å². The van der Waals surface area contributed by atoms with E-state index in [0.717, 1.165) is 22.3 Å². The monoisotopic (exact) mass is 398 g/mol. The molecule has 3 aromatic heterocycles. The minimum absolute atomic E-state index is 0.422. The van der Waals surface area contributed by atoms with Gasteiger partial charge in [0.1, 0.15) is 11.3 Å². The SMILES string of the molecule is COc1ccc2c(CSc3nnc(-n4nc(C)cc4C)n3N)cc(=O)oc2c1. The molecule has 0 saturated carbocycles. The number of rotatable bonds is 5. The van der Waals surface area contributed by atoms with Gasteiger partial charge in [0.2, 0.25) is 5.16 Å². The molecule has 144 valence electrons. The summed E-state index contributed by atoms with van der Waals surface area (Å²) in [4.78, 5) is 11.9. The number of nitrogens with two attached hydrogens (primary N) is 1. The van der Waals surface area contributed by atoms with Gasteiger partial charge < -0.3 is 15.0 Å². The van der Waals surface area contributed by atoms with Crippen molar-refractivity contribution < 1.29 is 9.15 Å². The highest BCUT2D eigenvalue weighted by molar-refractivity contribution is 7.98. The molecule has 0 bridgehead atoms. The summed E-state index contributed by atoms with van der Waals surface area (Å²) in [6.45, 7) is 3.82. The first kappa shape index (κ1) is 18.1. The zero-order valence-electron chi connectivity index (χ0n) is 15.5. The van der Waals surface area contributed by atoms with Gasteiger partial charge in [-0.3, -0.25) is 0 Å². The van der Waals surface area contributed by atoms with Crippen LogP contribution in [0.1, 0.15) is 17.0 Å². The van der Waals surface area contributed by atoms with Crippen molar-refractivity contribution >= 4 is 22.7 Å². The van der Waals surface area contributed by atoms with Crippen molar-refractivity contribution in [1.82, 2.24) is 24.7 Å². The van der Waals surface area contributed by atoms with Gasteiger partial charge in [-0.2, -0.15) is 5.10 Å². The Hall–Kier alpha value is -3.27. The van der Waals surface area contributed by atoms with Crippen LogP contribution in [0.2, 0.25) is 0 Å². The zero-order valence-corrected chi connectivity index (χ0v) is 16.4. The van der Waals surface area contributed by atoms with Gasteiger partial charge in [0.25, 0.3) is 5.95 Å². The molecule has 0 atom stereocenters. The molecule has 0 radical (unpaired) electrons. The van der Waals surface area contributed by atoms with Gasteiger partial charge in [0, 0.05) is 29.0 Å². The minimum Gasteiger partial charge on any atom is -0.497 e. The molecule has 10 heteroatoms. The van der Waals surface area contributed by atoms with Crippen molar-refractivity contribution in [2.24, 2.45) is 0 Å². The molecule has 9 nitrogen and oxygen atoms in total. The number of benzene rings is 1. The van der Waals surface area contributed by atoms with Gasteiger partial charge in [-0.25, -0.2) is 14.2 Å². The topological polar surface area (TPSA) is 114 Å².